The molecule has 0 spiro atoms. The number of rotatable bonds is 12. The first-order valence-electron chi connectivity index (χ1n) is 11.1. The fourth-order valence-electron chi connectivity index (χ4n) is 2.89. The summed E-state index contributed by atoms with van der Waals surface area (Å²) in [6.07, 6.45) is -2.47. The van der Waals surface area contributed by atoms with Gasteiger partial charge in [0.1, 0.15) is 24.3 Å². The Kier molecular flexibility index (Phi) is 12.7. The second kappa shape index (κ2) is 15.2. The summed E-state index contributed by atoms with van der Waals surface area (Å²) in [6.45, 7) is -0.143. The number of carbonyl (C=O) groups is 3. The van der Waals surface area contributed by atoms with E-state index in [2.05, 4.69) is 15.0 Å². The minimum absolute atomic E-state index is 0.0764. The molecule has 1 heterocycles. The maximum Gasteiger partial charge on any atom is 0.490 e. The molecule has 13 nitrogen and oxygen atoms in total. The van der Waals surface area contributed by atoms with E-state index in [4.69, 9.17) is 21.4 Å². The highest BCUT2D eigenvalue weighted by atomic mass is 32.2. The number of hydrogen-bond acceptors (Lipinski definition) is 7. The SMILES string of the molecule is NC(N)=NCCC[C@@H](C=O)NC(=O)Cn1cccc(NS(=O)(=O)Cc2cccc(F)c2)c1=O.O=C(O)C(F)(F)F. The van der Waals surface area contributed by atoms with Crippen molar-refractivity contribution in [1.29, 1.82) is 0 Å². The molecule has 0 aliphatic carbocycles. The number of anilines is 1. The second-order valence-electron chi connectivity index (χ2n) is 7.91. The van der Waals surface area contributed by atoms with Gasteiger partial charge in [0.15, 0.2) is 5.96 Å². The summed E-state index contributed by atoms with van der Waals surface area (Å²) >= 11 is 0. The predicted molar refractivity (Wildman–Crippen MR) is 135 cm³/mol. The molecule has 0 saturated heterocycles. The molecular formula is C22H26F4N6O7S. The number of guanidine groups is 1. The molecule has 0 aliphatic rings. The molecule has 0 aliphatic heterocycles. The lowest BCUT2D eigenvalue weighted by Crippen LogP contribution is -2.40. The highest BCUT2D eigenvalue weighted by molar-refractivity contribution is 7.91. The van der Waals surface area contributed by atoms with Crippen LogP contribution in [0.1, 0.15) is 18.4 Å². The van der Waals surface area contributed by atoms with Gasteiger partial charge >= 0.3 is 12.1 Å². The number of pyridine rings is 1. The van der Waals surface area contributed by atoms with Crippen molar-refractivity contribution in [3.05, 3.63) is 64.3 Å². The van der Waals surface area contributed by atoms with Crippen LogP contribution in [0.4, 0.5) is 23.2 Å². The van der Waals surface area contributed by atoms with Crippen molar-refractivity contribution in [2.75, 3.05) is 11.3 Å². The zero-order chi connectivity index (χ0) is 30.5. The van der Waals surface area contributed by atoms with Gasteiger partial charge in [-0.15, -0.1) is 0 Å². The molecule has 2 rings (SSSR count). The number of nitrogens with two attached hydrogens (primary N) is 2. The number of aliphatic imine (C=N–C) groups is 1. The first kappa shape index (κ1) is 33.5. The van der Waals surface area contributed by atoms with Gasteiger partial charge in [0.2, 0.25) is 15.9 Å². The van der Waals surface area contributed by atoms with Crippen molar-refractivity contribution < 1.29 is 45.5 Å². The number of aromatic nitrogens is 1. The number of benzene rings is 1. The third kappa shape index (κ3) is 12.9. The van der Waals surface area contributed by atoms with Crippen molar-refractivity contribution >= 4 is 39.8 Å². The molecule has 0 bridgehead atoms. The van der Waals surface area contributed by atoms with Crippen molar-refractivity contribution in [1.82, 2.24) is 9.88 Å². The van der Waals surface area contributed by atoms with Gasteiger partial charge < -0.3 is 31.3 Å². The first-order valence-corrected chi connectivity index (χ1v) is 12.7. The molecule has 1 aromatic heterocycles. The summed E-state index contributed by atoms with van der Waals surface area (Å²) < 4.78 is 73.0. The zero-order valence-corrected chi connectivity index (χ0v) is 21.4. The summed E-state index contributed by atoms with van der Waals surface area (Å²) in [5.74, 6) is -4.57. The van der Waals surface area contributed by atoms with Crippen LogP contribution in [0.2, 0.25) is 0 Å². The number of carbonyl (C=O) groups excluding carboxylic acids is 2. The van der Waals surface area contributed by atoms with Crippen LogP contribution >= 0.6 is 0 Å². The molecule has 1 amide bonds. The van der Waals surface area contributed by atoms with E-state index in [1.807, 2.05) is 0 Å². The second-order valence-corrected chi connectivity index (χ2v) is 9.63. The number of halogens is 4. The molecule has 0 unspecified atom stereocenters. The smallest absolute Gasteiger partial charge is 0.475 e. The van der Waals surface area contributed by atoms with E-state index in [9.17, 15) is 40.4 Å². The maximum atomic E-state index is 13.3. The number of nitrogens with one attached hydrogen (secondary N) is 2. The van der Waals surface area contributed by atoms with Crippen LogP contribution in [-0.2, 0) is 36.7 Å². The molecule has 0 fully saturated rings. The summed E-state index contributed by atoms with van der Waals surface area (Å²) in [5.41, 5.74) is 9.61. The van der Waals surface area contributed by atoms with E-state index >= 15 is 0 Å². The van der Waals surface area contributed by atoms with E-state index < -0.39 is 57.8 Å². The van der Waals surface area contributed by atoms with Crippen LogP contribution in [0, 0.1) is 5.82 Å². The van der Waals surface area contributed by atoms with Gasteiger partial charge in [-0.3, -0.25) is 19.3 Å². The van der Waals surface area contributed by atoms with Gasteiger partial charge in [0, 0.05) is 12.7 Å². The van der Waals surface area contributed by atoms with Gasteiger partial charge in [-0.25, -0.2) is 17.6 Å². The number of sulfonamides is 1. The van der Waals surface area contributed by atoms with Crippen LogP contribution in [-0.4, -0.2) is 61.0 Å². The van der Waals surface area contributed by atoms with Gasteiger partial charge in [-0.1, -0.05) is 12.1 Å². The standard InChI is InChI=1S/C20H25FN6O5S.C2HF3O2/c21-15-5-1-4-14(10-15)13-33(31,32)26-17-7-3-9-27(19(17)30)11-18(29)25-16(12-28)6-2-8-24-20(22)23;3-2(4,5)1(6)7/h1,3-5,7,9-10,12,16,26H,2,6,8,11,13H2,(H,25,29)(H4,22,23,24);(H,6,7)/t16-;/m0./s1. The van der Waals surface area contributed by atoms with Crippen molar-refractivity contribution in [3.63, 3.8) is 0 Å². The average Bonchev–Trinajstić information content (AvgIpc) is 2.82. The van der Waals surface area contributed by atoms with E-state index in [0.717, 1.165) is 10.6 Å². The number of aldehydes is 1. The number of carboxylic acid groups (broad SMARTS) is 1. The van der Waals surface area contributed by atoms with Gasteiger partial charge in [0.25, 0.3) is 5.56 Å². The Morgan fingerprint density at radius 1 is 1.18 bits per heavy atom. The Morgan fingerprint density at radius 2 is 1.82 bits per heavy atom. The van der Waals surface area contributed by atoms with Gasteiger partial charge in [0.05, 0.1) is 11.8 Å². The Bertz CT molecular complexity index is 1380. The lowest BCUT2D eigenvalue weighted by atomic mass is 10.2. The summed E-state index contributed by atoms with van der Waals surface area (Å²) in [5, 5.41) is 9.61. The molecular weight excluding hydrogens is 568 g/mol. The minimum atomic E-state index is -5.08. The van der Waals surface area contributed by atoms with E-state index in [-0.39, 0.29) is 17.2 Å². The Morgan fingerprint density at radius 3 is 2.38 bits per heavy atom. The lowest BCUT2D eigenvalue weighted by Gasteiger charge is -2.14. The van der Waals surface area contributed by atoms with Gasteiger partial charge in [-0.2, -0.15) is 13.2 Å². The third-order valence-corrected chi connectivity index (χ3v) is 5.81. The molecule has 2 aromatic rings. The normalized spacial score (nSPS) is 11.8. The van der Waals surface area contributed by atoms with Crippen molar-refractivity contribution in [3.8, 4) is 0 Å². The number of aliphatic carboxylic acids is 1. The highest BCUT2D eigenvalue weighted by Gasteiger charge is 2.38. The molecule has 7 N–H and O–H groups in total. The Hall–Kier alpha value is -4.48. The van der Waals surface area contributed by atoms with Crippen LogP contribution in [0.3, 0.4) is 0 Å². The fraction of sp³-hybridized carbons (Fsp3) is 0.318. The molecule has 0 radical (unpaired) electrons. The summed E-state index contributed by atoms with van der Waals surface area (Å²) in [4.78, 5) is 48.8. The third-order valence-electron chi connectivity index (χ3n) is 4.57. The lowest BCUT2D eigenvalue weighted by molar-refractivity contribution is -0.192. The molecule has 40 heavy (non-hydrogen) atoms. The summed E-state index contributed by atoms with van der Waals surface area (Å²) in [7, 11) is -4.02. The molecule has 220 valence electrons. The molecule has 0 saturated carbocycles. The predicted octanol–water partition coefficient (Wildman–Crippen LogP) is 0.300. The van der Waals surface area contributed by atoms with E-state index in [0.29, 0.717) is 25.7 Å². The van der Waals surface area contributed by atoms with Crippen LogP contribution in [0.15, 0.2) is 52.4 Å². The van der Waals surface area contributed by atoms with Gasteiger partial charge in [-0.05, 0) is 42.7 Å². The first-order chi connectivity index (χ1) is 18.5. The zero-order valence-electron chi connectivity index (χ0n) is 20.6. The summed E-state index contributed by atoms with van der Waals surface area (Å²) in [6, 6.07) is 6.92. The van der Waals surface area contributed by atoms with Crippen LogP contribution in [0.25, 0.3) is 0 Å². The maximum absolute atomic E-state index is 13.3. The van der Waals surface area contributed by atoms with E-state index in [1.165, 1.54) is 36.5 Å². The number of amides is 1. The molecule has 18 heteroatoms. The number of nitrogens with zero attached hydrogens (tertiary/aromatic N) is 2. The average molecular weight is 595 g/mol. The fourth-order valence-corrected chi connectivity index (χ4v) is 4.07. The Balaban J connectivity index is 0.00000101. The van der Waals surface area contributed by atoms with Crippen LogP contribution < -0.4 is 27.1 Å². The van der Waals surface area contributed by atoms with E-state index in [1.54, 1.807) is 0 Å². The topological polar surface area (TPSA) is 216 Å². The minimum Gasteiger partial charge on any atom is -0.475 e. The molecule has 1 atom stereocenters. The number of carboxylic acids is 1. The number of hydrogen-bond donors (Lipinski definition) is 5. The Labute approximate surface area is 224 Å². The van der Waals surface area contributed by atoms with Crippen molar-refractivity contribution in [2.45, 2.75) is 37.4 Å². The monoisotopic (exact) mass is 594 g/mol. The largest absolute Gasteiger partial charge is 0.490 e. The van der Waals surface area contributed by atoms with Crippen LogP contribution in [0.5, 0.6) is 0 Å². The molecule has 1 aromatic carbocycles. The number of alkyl halides is 3. The highest BCUT2D eigenvalue weighted by Crippen LogP contribution is 2.13. The quantitative estimate of drug-likeness (QED) is 0.0750. The van der Waals surface area contributed by atoms with Crippen molar-refractivity contribution in [2.24, 2.45) is 16.5 Å².